The fourth-order valence-electron chi connectivity index (χ4n) is 2.42. The molecule has 1 aromatic rings. The Morgan fingerprint density at radius 3 is 2.80 bits per heavy atom. The van der Waals surface area contributed by atoms with Crippen LogP contribution < -0.4 is 5.32 Å². The zero-order valence-electron chi connectivity index (χ0n) is 12.2. The molecule has 2 heterocycles. The molecule has 20 heavy (non-hydrogen) atoms. The van der Waals surface area contributed by atoms with Crippen LogP contribution in [0.1, 0.15) is 33.1 Å². The van der Waals surface area contributed by atoms with E-state index in [0.29, 0.717) is 6.04 Å². The van der Waals surface area contributed by atoms with E-state index >= 15 is 0 Å². The average Bonchev–Trinajstić information content (AvgIpc) is 2.38. The Morgan fingerprint density at radius 2 is 2.25 bits per heavy atom. The number of nitrogens with zero attached hydrogens (tertiary/aromatic N) is 1. The summed E-state index contributed by atoms with van der Waals surface area (Å²) in [4.78, 5) is 3.99. The second-order valence-corrected chi connectivity index (χ2v) is 7.61. The second kappa shape index (κ2) is 5.69. The minimum atomic E-state index is -3.23. The van der Waals surface area contributed by atoms with Crippen LogP contribution in [0.25, 0.3) is 0 Å². The molecule has 0 aliphatic carbocycles. The lowest BCUT2D eigenvalue weighted by atomic mass is 9.90. The van der Waals surface area contributed by atoms with Crippen LogP contribution in [0.4, 0.5) is 5.69 Å². The topological polar surface area (TPSA) is 68.3 Å². The van der Waals surface area contributed by atoms with Gasteiger partial charge in [-0.05, 0) is 38.3 Å². The first kappa shape index (κ1) is 15.3. The van der Waals surface area contributed by atoms with E-state index in [1.807, 2.05) is 0 Å². The summed E-state index contributed by atoms with van der Waals surface area (Å²) in [6.07, 6.45) is 5.61. The van der Waals surface area contributed by atoms with Crippen molar-refractivity contribution in [2.45, 2.75) is 49.8 Å². The van der Waals surface area contributed by atoms with Crippen molar-refractivity contribution in [3.63, 3.8) is 0 Å². The third kappa shape index (κ3) is 3.70. The van der Waals surface area contributed by atoms with Crippen molar-refractivity contribution in [3.8, 4) is 0 Å². The first-order chi connectivity index (χ1) is 9.32. The van der Waals surface area contributed by atoms with Crippen LogP contribution in [-0.2, 0) is 14.6 Å². The molecule has 2 rings (SSSR count). The maximum atomic E-state index is 11.4. The Kier molecular flexibility index (Phi) is 4.34. The van der Waals surface area contributed by atoms with E-state index in [9.17, 15) is 8.42 Å². The van der Waals surface area contributed by atoms with Crippen LogP contribution in [0.2, 0.25) is 0 Å². The molecule has 1 fully saturated rings. The smallest absolute Gasteiger partial charge is 0.192 e. The Balaban J connectivity index is 2.03. The zero-order chi connectivity index (χ0) is 14.8. The highest BCUT2D eigenvalue weighted by molar-refractivity contribution is 7.90. The van der Waals surface area contributed by atoms with Crippen molar-refractivity contribution in [2.24, 2.45) is 0 Å². The third-order valence-corrected chi connectivity index (χ3v) is 4.83. The summed E-state index contributed by atoms with van der Waals surface area (Å²) in [5, 5.41) is 3.52. The van der Waals surface area contributed by atoms with Crippen molar-refractivity contribution < 1.29 is 13.2 Å². The van der Waals surface area contributed by atoms with Crippen LogP contribution in [-0.4, -0.2) is 37.9 Å². The number of sulfone groups is 1. The van der Waals surface area contributed by atoms with Gasteiger partial charge in [-0.15, -0.1) is 0 Å². The number of hydrogen-bond donors (Lipinski definition) is 1. The maximum absolute atomic E-state index is 11.4. The molecule has 6 heteroatoms. The molecule has 0 bridgehead atoms. The number of aromatic nitrogens is 1. The van der Waals surface area contributed by atoms with Gasteiger partial charge in [0.1, 0.15) is 0 Å². The zero-order valence-corrected chi connectivity index (χ0v) is 13.0. The van der Waals surface area contributed by atoms with Crippen molar-refractivity contribution in [1.29, 1.82) is 0 Å². The summed E-state index contributed by atoms with van der Waals surface area (Å²) in [5.41, 5.74) is 0.776. The highest BCUT2D eigenvalue weighted by atomic mass is 32.2. The number of rotatable bonds is 4. The molecule has 0 saturated carbocycles. The molecule has 1 aliphatic rings. The molecule has 1 aromatic heterocycles. The summed E-state index contributed by atoms with van der Waals surface area (Å²) in [6.45, 7) is 5.01. The monoisotopic (exact) mass is 298 g/mol. The lowest BCUT2D eigenvalue weighted by Gasteiger charge is -2.38. The Morgan fingerprint density at radius 1 is 1.50 bits per heavy atom. The lowest BCUT2D eigenvalue weighted by Crippen LogP contribution is -2.41. The molecule has 2 atom stereocenters. The number of ether oxygens (including phenoxy) is 1. The fraction of sp³-hybridized carbons (Fsp3) is 0.643. The fourth-order valence-corrected chi connectivity index (χ4v) is 2.98. The van der Waals surface area contributed by atoms with Gasteiger partial charge in [-0.25, -0.2) is 13.4 Å². The van der Waals surface area contributed by atoms with E-state index in [2.05, 4.69) is 24.1 Å². The molecule has 0 radical (unpaired) electrons. The summed E-state index contributed by atoms with van der Waals surface area (Å²) in [7, 11) is -3.23. The minimum Gasteiger partial charge on any atom is -0.381 e. The van der Waals surface area contributed by atoms with E-state index in [1.54, 1.807) is 12.3 Å². The largest absolute Gasteiger partial charge is 0.381 e. The SMILES string of the molecule is CCC1(C)CC(Nc2ccc(S(C)(=O)=O)nc2)CCO1. The second-order valence-electron chi connectivity index (χ2n) is 5.64. The third-order valence-electron chi connectivity index (χ3n) is 3.83. The Hall–Kier alpha value is -1.14. The van der Waals surface area contributed by atoms with E-state index in [-0.39, 0.29) is 10.6 Å². The van der Waals surface area contributed by atoms with E-state index in [0.717, 1.165) is 37.8 Å². The summed E-state index contributed by atoms with van der Waals surface area (Å²) in [6, 6.07) is 3.64. The molecule has 1 aliphatic heterocycles. The average molecular weight is 298 g/mol. The molecule has 1 saturated heterocycles. The van der Waals surface area contributed by atoms with Gasteiger partial charge < -0.3 is 10.1 Å². The molecule has 0 spiro atoms. The number of hydrogen-bond acceptors (Lipinski definition) is 5. The summed E-state index contributed by atoms with van der Waals surface area (Å²) < 4.78 is 28.5. The molecular weight excluding hydrogens is 276 g/mol. The van der Waals surface area contributed by atoms with Gasteiger partial charge >= 0.3 is 0 Å². The lowest BCUT2D eigenvalue weighted by molar-refractivity contribution is -0.0708. The maximum Gasteiger partial charge on any atom is 0.192 e. The number of pyridine rings is 1. The Bertz CT molecular complexity index is 556. The summed E-state index contributed by atoms with van der Waals surface area (Å²) >= 11 is 0. The van der Waals surface area contributed by atoms with Crippen LogP contribution in [0.15, 0.2) is 23.4 Å². The molecule has 2 unspecified atom stereocenters. The van der Waals surface area contributed by atoms with Crippen molar-refractivity contribution >= 4 is 15.5 Å². The molecule has 5 nitrogen and oxygen atoms in total. The first-order valence-corrected chi connectivity index (χ1v) is 8.78. The van der Waals surface area contributed by atoms with Gasteiger partial charge in [-0.1, -0.05) is 6.92 Å². The molecule has 1 N–H and O–H groups in total. The highest BCUT2D eigenvalue weighted by Crippen LogP contribution is 2.29. The predicted octanol–water partition coefficient (Wildman–Crippen LogP) is 2.24. The van der Waals surface area contributed by atoms with E-state index in [1.165, 1.54) is 6.07 Å². The van der Waals surface area contributed by atoms with Crippen molar-refractivity contribution in [1.82, 2.24) is 4.98 Å². The number of nitrogens with one attached hydrogen (secondary N) is 1. The van der Waals surface area contributed by atoms with Crippen LogP contribution >= 0.6 is 0 Å². The Labute approximate surface area is 120 Å². The molecule has 0 aromatic carbocycles. The van der Waals surface area contributed by atoms with Crippen LogP contribution in [0.5, 0.6) is 0 Å². The van der Waals surface area contributed by atoms with Gasteiger partial charge in [0.25, 0.3) is 0 Å². The van der Waals surface area contributed by atoms with Crippen molar-refractivity contribution in [3.05, 3.63) is 18.3 Å². The first-order valence-electron chi connectivity index (χ1n) is 6.89. The van der Waals surface area contributed by atoms with E-state index in [4.69, 9.17) is 4.74 Å². The van der Waals surface area contributed by atoms with Gasteiger partial charge in [0.15, 0.2) is 14.9 Å². The molecular formula is C14H22N2O3S. The summed E-state index contributed by atoms with van der Waals surface area (Å²) in [5.74, 6) is 0. The van der Waals surface area contributed by atoms with E-state index < -0.39 is 9.84 Å². The van der Waals surface area contributed by atoms with Gasteiger partial charge in [0.05, 0.1) is 17.5 Å². The molecule has 112 valence electrons. The normalized spacial score (nSPS) is 27.2. The molecule has 0 amide bonds. The number of anilines is 1. The van der Waals surface area contributed by atoms with Crippen LogP contribution in [0.3, 0.4) is 0 Å². The minimum absolute atomic E-state index is 0.0734. The van der Waals surface area contributed by atoms with Crippen molar-refractivity contribution in [2.75, 3.05) is 18.2 Å². The van der Waals surface area contributed by atoms with Gasteiger partial charge in [-0.3, -0.25) is 0 Å². The highest BCUT2D eigenvalue weighted by Gasteiger charge is 2.31. The standard InChI is InChI=1S/C14H22N2O3S/c1-4-14(2)9-11(7-8-19-14)16-12-5-6-13(15-10-12)20(3,17)18/h5-6,10-11,16H,4,7-9H2,1-3H3. The van der Waals surface area contributed by atoms with Crippen LogP contribution in [0, 0.1) is 0 Å². The quantitative estimate of drug-likeness (QED) is 0.923. The van der Waals surface area contributed by atoms with Gasteiger partial charge in [0.2, 0.25) is 0 Å². The predicted molar refractivity (Wildman–Crippen MR) is 78.6 cm³/mol. The van der Waals surface area contributed by atoms with Gasteiger partial charge in [-0.2, -0.15) is 0 Å². The van der Waals surface area contributed by atoms with Gasteiger partial charge in [0, 0.05) is 18.9 Å².